The highest BCUT2D eigenvalue weighted by molar-refractivity contribution is 6.31. The number of urea groups is 1. The number of rotatable bonds is 4. The minimum atomic E-state index is -4.71. The number of nitrogens with one attached hydrogen (secondary N) is 2. The van der Waals surface area contributed by atoms with Crippen molar-refractivity contribution in [1.82, 2.24) is 9.97 Å². The molecule has 0 bridgehead atoms. The number of hydrogen-bond acceptors (Lipinski definition) is 4. The van der Waals surface area contributed by atoms with E-state index < -0.39 is 34.4 Å². The highest BCUT2D eigenvalue weighted by atomic mass is 35.5. The third-order valence-electron chi connectivity index (χ3n) is 4.74. The lowest BCUT2D eigenvalue weighted by Crippen LogP contribution is -2.20. The van der Waals surface area contributed by atoms with Crippen LogP contribution in [0.3, 0.4) is 0 Å². The predicted octanol–water partition coefficient (Wildman–Crippen LogP) is 6.32. The fourth-order valence-electron chi connectivity index (χ4n) is 3.13. The highest BCUT2D eigenvalue weighted by Crippen LogP contribution is 2.36. The van der Waals surface area contributed by atoms with E-state index in [2.05, 4.69) is 20.6 Å². The lowest BCUT2D eigenvalue weighted by molar-refractivity contribution is -0.137. The van der Waals surface area contributed by atoms with Gasteiger partial charge >= 0.3 is 12.2 Å². The molecule has 0 aliphatic rings. The molecular weight excluding hydrogens is 476 g/mol. The minimum absolute atomic E-state index is 0.0271. The molecule has 0 saturated heterocycles. The highest BCUT2D eigenvalue weighted by Gasteiger charge is 2.33. The van der Waals surface area contributed by atoms with E-state index >= 15 is 0 Å². The molecule has 0 atom stereocenters. The molecule has 2 N–H and O–H groups in total. The van der Waals surface area contributed by atoms with Crippen LogP contribution >= 0.6 is 11.6 Å². The van der Waals surface area contributed by atoms with Crippen LogP contribution in [-0.4, -0.2) is 21.8 Å². The van der Waals surface area contributed by atoms with Crippen LogP contribution in [0.5, 0.6) is 0 Å². The monoisotopic (exact) mass is 488 g/mol. The van der Waals surface area contributed by atoms with Crippen molar-refractivity contribution in [2.45, 2.75) is 6.18 Å². The summed E-state index contributed by atoms with van der Waals surface area (Å²) >= 11 is 5.55. The topological polar surface area (TPSA) is 84.0 Å². The molecule has 0 spiro atoms. The standard InChI is InChI=1S/C23H13ClF4N4O2/c24-16-4-3-14(11-15(16)23(26,27)28)31-22(34)32-18-5-1-12(9-17(18)25)21(33)13-2-6-19-20(10-13)30-8-7-29-19/h1-11H,(H2,31,32,34). The zero-order valence-corrected chi connectivity index (χ0v) is 17.7. The van der Waals surface area contributed by atoms with E-state index in [9.17, 15) is 27.2 Å². The summed E-state index contributed by atoms with van der Waals surface area (Å²) in [7, 11) is 0. The lowest BCUT2D eigenvalue weighted by atomic mass is 10.0. The Morgan fingerprint density at radius 2 is 1.50 bits per heavy atom. The van der Waals surface area contributed by atoms with Crippen LogP contribution in [0.2, 0.25) is 5.02 Å². The molecule has 0 aliphatic heterocycles. The second-order valence-electron chi connectivity index (χ2n) is 7.06. The Labute approximate surface area is 194 Å². The lowest BCUT2D eigenvalue weighted by Gasteiger charge is -2.13. The van der Waals surface area contributed by atoms with Gasteiger partial charge in [0.2, 0.25) is 0 Å². The number of carbonyl (C=O) groups excluding carboxylic acids is 2. The summed E-state index contributed by atoms with van der Waals surface area (Å²) in [6.45, 7) is 0. The van der Waals surface area contributed by atoms with Crippen molar-refractivity contribution in [2.24, 2.45) is 0 Å². The molecular formula is C23H13ClF4N4O2. The molecule has 0 fully saturated rings. The first-order chi connectivity index (χ1) is 16.1. The van der Waals surface area contributed by atoms with Crippen LogP contribution in [0.25, 0.3) is 11.0 Å². The molecule has 1 heterocycles. The number of anilines is 2. The van der Waals surface area contributed by atoms with Crippen molar-refractivity contribution in [2.75, 3.05) is 10.6 Å². The maximum absolute atomic E-state index is 14.6. The second kappa shape index (κ2) is 9.06. The number of halogens is 5. The van der Waals surface area contributed by atoms with Gasteiger partial charge in [-0.15, -0.1) is 0 Å². The number of fused-ring (bicyclic) bond motifs is 1. The Morgan fingerprint density at radius 3 is 2.21 bits per heavy atom. The number of carbonyl (C=O) groups is 2. The van der Waals surface area contributed by atoms with E-state index in [0.29, 0.717) is 17.1 Å². The Balaban J connectivity index is 1.49. The number of ketones is 1. The van der Waals surface area contributed by atoms with Crippen molar-refractivity contribution < 1.29 is 27.2 Å². The van der Waals surface area contributed by atoms with Gasteiger partial charge in [0.15, 0.2) is 5.78 Å². The molecule has 0 aliphatic carbocycles. The number of amides is 2. The van der Waals surface area contributed by atoms with Crippen LogP contribution in [0.1, 0.15) is 21.5 Å². The smallest absolute Gasteiger partial charge is 0.308 e. The molecule has 4 rings (SSSR count). The summed E-state index contributed by atoms with van der Waals surface area (Å²) in [5.74, 6) is -1.38. The van der Waals surface area contributed by atoms with E-state index in [0.717, 1.165) is 12.1 Å². The second-order valence-corrected chi connectivity index (χ2v) is 7.46. The molecule has 0 radical (unpaired) electrons. The molecule has 2 amide bonds. The summed E-state index contributed by atoms with van der Waals surface area (Å²) in [6, 6.07) is 9.95. The molecule has 11 heteroatoms. The SMILES string of the molecule is O=C(Nc1ccc(Cl)c(C(F)(F)F)c1)Nc1ccc(C(=O)c2ccc3nccnc3c2)cc1F. The van der Waals surface area contributed by atoms with Gasteiger partial charge in [-0.05, 0) is 54.6 Å². The summed E-state index contributed by atoms with van der Waals surface area (Å²) in [4.78, 5) is 33.1. The summed E-state index contributed by atoms with van der Waals surface area (Å²) in [5.41, 5.74) is -0.197. The van der Waals surface area contributed by atoms with Gasteiger partial charge in [0.05, 0.1) is 27.3 Å². The third kappa shape index (κ3) is 4.96. The van der Waals surface area contributed by atoms with Gasteiger partial charge in [-0.2, -0.15) is 13.2 Å². The Kier molecular flexibility index (Phi) is 6.16. The quantitative estimate of drug-likeness (QED) is 0.260. The van der Waals surface area contributed by atoms with E-state index in [-0.39, 0.29) is 22.5 Å². The van der Waals surface area contributed by atoms with Gasteiger partial charge in [0.1, 0.15) is 5.82 Å². The first kappa shape index (κ1) is 23.1. The Morgan fingerprint density at radius 1 is 0.824 bits per heavy atom. The first-order valence-electron chi connectivity index (χ1n) is 9.61. The number of nitrogens with zero attached hydrogens (tertiary/aromatic N) is 2. The van der Waals surface area contributed by atoms with Gasteiger partial charge in [-0.1, -0.05) is 11.6 Å². The zero-order chi connectivity index (χ0) is 24.5. The molecule has 0 saturated carbocycles. The van der Waals surface area contributed by atoms with Gasteiger partial charge in [0, 0.05) is 29.2 Å². The van der Waals surface area contributed by atoms with Crippen LogP contribution in [0.4, 0.5) is 33.7 Å². The third-order valence-corrected chi connectivity index (χ3v) is 5.07. The fraction of sp³-hybridized carbons (Fsp3) is 0.0435. The molecule has 1 aromatic heterocycles. The first-order valence-corrected chi connectivity index (χ1v) is 9.99. The van der Waals surface area contributed by atoms with E-state index in [4.69, 9.17) is 11.6 Å². The minimum Gasteiger partial charge on any atom is -0.308 e. The van der Waals surface area contributed by atoms with Gasteiger partial charge in [0.25, 0.3) is 0 Å². The predicted molar refractivity (Wildman–Crippen MR) is 118 cm³/mol. The van der Waals surface area contributed by atoms with Crippen LogP contribution in [0, 0.1) is 5.82 Å². The Hall–Kier alpha value is -4.05. The maximum atomic E-state index is 14.6. The van der Waals surface area contributed by atoms with Crippen molar-refractivity contribution in [3.05, 3.63) is 94.5 Å². The zero-order valence-electron chi connectivity index (χ0n) is 17.0. The number of aromatic nitrogens is 2. The average molecular weight is 489 g/mol. The van der Waals surface area contributed by atoms with Crippen LogP contribution in [0.15, 0.2) is 67.0 Å². The van der Waals surface area contributed by atoms with Gasteiger partial charge in [-0.25, -0.2) is 9.18 Å². The molecule has 4 aromatic rings. The van der Waals surface area contributed by atoms with Crippen LogP contribution < -0.4 is 10.6 Å². The molecule has 0 unspecified atom stereocenters. The van der Waals surface area contributed by atoms with Crippen molar-refractivity contribution in [3.63, 3.8) is 0 Å². The van der Waals surface area contributed by atoms with Crippen molar-refractivity contribution in [1.29, 1.82) is 0 Å². The summed E-state index contributed by atoms with van der Waals surface area (Å²) in [5, 5.41) is 3.85. The molecule has 3 aromatic carbocycles. The number of alkyl halides is 3. The molecule has 6 nitrogen and oxygen atoms in total. The van der Waals surface area contributed by atoms with Crippen LogP contribution in [-0.2, 0) is 6.18 Å². The number of benzene rings is 3. The van der Waals surface area contributed by atoms with E-state index in [1.165, 1.54) is 42.7 Å². The molecule has 34 heavy (non-hydrogen) atoms. The van der Waals surface area contributed by atoms with Gasteiger partial charge in [-0.3, -0.25) is 14.8 Å². The van der Waals surface area contributed by atoms with Crippen molar-refractivity contribution in [3.8, 4) is 0 Å². The summed E-state index contributed by atoms with van der Waals surface area (Å²) < 4.78 is 53.5. The average Bonchev–Trinajstić information content (AvgIpc) is 2.80. The maximum Gasteiger partial charge on any atom is 0.417 e. The molecule has 172 valence electrons. The fourth-order valence-corrected chi connectivity index (χ4v) is 3.36. The largest absolute Gasteiger partial charge is 0.417 e. The normalized spacial score (nSPS) is 11.3. The van der Waals surface area contributed by atoms with E-state index in [1.54, 1.807) is 6.07 Å². The summed E-state index contributed by atoms with van der Waals surface area (Å²) in [6.07, 6.45) is -1.71. The van der Waals surface area contributed by atoms with Crippen molar-refractivity contribution >= 4 is 45.8 Å². The number of hydrogen-bond donors (Lipinski definition) is 2. The van der Waals surface area contributed by atoms with Gasteiger partial charge < -0.3 is 10.6 Å². The Bertz CT molecular complexity index is 1430. The van der Waals surface area contributed by atoms with E-state index in [1.807, 2.05) is 0 Å².